The quantitative estimate of drug-likeness (QED) is 0.635. The zero-order chi connectivity index (χ0) is 9.26. The van der Waals surface area contributed by atoms with E-state index in [0.29, 0.717) is 0 Å². The molecule has 2 aromatic carbocycles. The Labute approximate surface area is 83.1 Å². The van der Waals surface area contributed by atoms with Crippen LogP contribution in [0.3, 0.4) is 0 Å². The fourth-order valence-corrected chi connectivity index (χ4v) is 1.78. The maximum Gasteiger partial charge on any atom is 0.0415 e. The lowest BCUT2D eigenvalue weighted by atomic mass is 10.0. The Hall–Kier alpha value is -1.01. The van der Waals surface area contributed by atoms with E-state index in [2.05, 4.69) is 18.6 Å². The standard InChI is InChI=1S/C12H10Cl/c1-2-9-7-11(13)8-10-5-3-4-6-12(9)10/h2-8H,1H3. The highest BCUT2D eigenvalue weighted by Crippen LogP contribution is 2.24. The van der Waals surface area contributed by atoms with E-state index in [1.807, 2.05) is 31.2 Å². The second-order valence-corrected chi connectivity index (χ2v) is 3.44. The molecule has 0 fully saturated rings. The molecule has 0 nitrogen and oxygen atoms in total. The Morgan fingerprint density at radius 3 is 2.69 bits per heavy atom. The highest BCUT2D eigenvalue weighted by molar-refractivity contribution is 6.31. The molecule has 0 unspecified atom stereocenters. The molecule has 0 aliphatic rings. The zero-order valence-electron chi connectivity index (χ0n) is 7.42. The minimum absolute atomic E-state index is 0.798. The summed E-state index contributed by atoms with van der Waals surface area (Å²) in [4.78, 5) is 0. The van der Waals surface area contributed by atoms with Gasteiger partial charge in [0.05, 0.1) is 0 Å². The second kappa shape index (κ2) is 3.39. The highest BCUT2D eigenvalue weighted by Gasteiger charge is 2.00. The van der Waals surface area contributed by atoms with E-state index in [-0.39, 0.29) is 0 Å². The van der Waals surface area contributed by atoms with Gasteiger partial charge >= 0.3 is 0 Å². The Kier molecular flexibility index (Phi) is 2.24. The fraction of sp³-hybridized carbons (Fsp3) is 0.0833. The van der Waals surface area contributed by atoms with E-state index in [4.69, 9.17) is 11.6 Å². The Morgan fingerprint density at radius 2 is 1.92 bits per heavy atom. The van der Waals surface area contributed by atoms with Crippen LogP contribution in [0.1, 0.15) is 12.5 Å². The van der Waals surface area contributed by atoms with Crippen LogP contribution in [0.4, 0.5) is 0 Å². The Balaban J connectivity index is 2.81. The topological polar surface area (TPSA) is 0 Å². The average molecular weight is 190 g/mol. The van der Waals surface area contributed by atoms with E-state index >= 15 is 0 Å². The van der Waals surface area contributed by atoms with Gasteiger partial charge in [-0.15, -0.1) is 0 Å². The van der Waals surface area contributed by atoms with E-state index in [9.17, 15) is 0 Å². The van der Waals surface area contributed by atoms with Crippen LogP contribution in [-0.2, 0) is 0 Å². The molecule has 0 N–H and O–H groups in total. The number of rotatable bonds is 1. The molecule has 2 aromatic rings. The van der Waals surface area contributed by atoms with Crippen molar-refractivity contribution in [2.45, 2.75) is 6.92 Å². The molecule has 0 spiro atoms. The highest BCUT2D eigenvalue weighted by atomic mass is 35.5. The summed E-state index contributed by atoms with van der Waals surface area (Å²) in [7, 11) is 0. The summed E-state index contributed by atoms with van der Waals surface area (Å²) in [5, 5.41) is 3.25. The van der Waals surface area contributed by atoms with Gasteiger partial charge in [-0.25, -0.2) is 0 Å². The first-order chi connectivity index (χ1) is 6.31. The van der Waals surface area contributed by atoms with Crippen molar-refractivity contribution in [1.82, 2.24) is 0 Å². The van der Waals surface area contributed by atoms with Crippen molar-refractivity contribution in [3.63, 3.8) is 0 Å². The van der Waals surface area contributed by atoms with Gasteiger partial charge in [0, 0.05) is 5.02 Å². The first kappa shape index (κ1) is 8.58. The predicted octanol–water partition coefficient (Wildman–Crippen LogP) is 4.07. The molecule has 65 valence electrons. The normalized spacial score (nSPS) is 10.6. The van der Waals surface area contributed by atoms with Crippen molar-refractivity contribution < 1.29 is 0 Å². The van der Waals surface area contributed by atoms with Crippen LogP contribution in [0, 0.1) is 6.42 Å². The molecule has 0 saturated heterocycles. The molecule has 0 atom stereocenters. The summed E-state index contributed by atoms with van der Waals surface area (Å²) in [6.07, 6.45) is 2.08. The van der Waals surface area contributed by atoms with Crippen molar-refractivity contribution in [3.05, 3.63) is 53.4 Å². The van der Waals surface area contributed by atoms with E-state index in [1.165, 1.54) is 16.3 Å². The first-order valence-electron chi connectivity index (χ1n) is 4.29. The Bertz CT molecular complexity index is 432. The molecule has 0 amide bonds. The largest absolute Gasteiger partial charge is 0.0843 e. The van der Waals surface area contributed by atoms with Gasteiger partial charge in [0.2, 0.25) is 0 Å². The number of benzene rings is 2. The number of halogens is 1. The summed E-state index contributed by atoms with van der Waals surface area (Å²) in [6.45, 7) is 2.03. The molecule has 0 saturated carbocycles. The first-order valence-corrected chi connectivity index (χ1v) is 4.67. The van der Waals surface area contributed by atoms with Gasteiger partial charge in [-0.3, -0.25) is 0 Å². The summed E-state index contributed by atoms with van der Waals surface area (Å²) < 4.78 is 0. The van der Waals surface area contributed by atoms with Gasteiger partial charge in [0.15, 0.2) is 0 Å². The zero-order valence-corrected chi connectivity index (χ0v) is 8.18. The summed E-state index contributed by atoms with van der Waals surface area (Å²) in [5.41, 5.74) is 1.20. The lowest BCUT2D eigenvalue weighted by Crippen LogP contribution is -1.81. The summed E-state index contributed by atoms with van der Waals surface area (Å²) >= 11 is 5.98. The number of hydrogen-bond acceptors (Lipinski definition) is 0. The monoisotopic (exact) mass is 189 g/mol. The second-order valence-electron chi connectivity index (χ2n) is 3.00. The van der Waals surface area contributed by atoms with Crippen LogP contribution >= 0.6 is 11.6 Å². The van der Waals surface area contributed by atoms with Gasteiger partial charge < -0.3 is 0 Å². The third kappa shape index (κ3) is 1.54. The van der Waals surface area contributed by atoms with Crippen LogP contribution in [0.5, 0.6) is 0 Å². The number of fused-ring (bicyclic) bond motifs is 1. The third-order valence-electron chi connectivity index (χ3n) is 2.17. The molecule has 2 rings (SSSR count). The van der Waals surface area contributed by atoms with E-state index in [1.54, 1.807) is 0 Å². The van der Waals surface area contributed by atoms with Crippen molar-refractivity contribution in [2.24, 2.45) is 0 Å². The van der Waals surface area contributed by atoms with E-state index in [0.717, 1.165) is 5.02 Å². The minimum Gasteiger partial charge on any atom is -0.0843 e. The van der Waals surface area contributed by atoms with Crippen molar-refractivity contribution in [3.8, 4) is 0 Å². The molecular formula is C12H10Cl. The van der Waals surface area contributed by atoms with Crippen LogP contribution in [0.2, 0.25) is 5.02 Å². The maximum atomic E-state index is 5.98. The van der Waals surface area contributed by atoms with Gasteiger partial charge in [-0.05, 0) is 34.9 Å². The molecule has 1 radical (unpaired) electrons. The van der Waals surface area contributed by atoms with Crippen LogP contribution in [-0.4, -0.2) is 0 Å². The van der Waals surface area contributed by atoms with Gasteiger partial charge in [-0.2, -0.15) is 0 Å². The lowest BCUT2D eigenvalue weighted by molar-refractivity contribution is 1.46. The average Bonchev–Trinajstić information content (AvgIpc) is 2.16. The molecule has 0 aliphatic heterocycles. The van der Waals surface area contributed by atoms with Crippen molar-refractivity contribution >= 4 is 22.4 Å². The number of hydrogen-bond donors (Lipinski definition) is 0. The molecular weight excluding hydrogens is 180 g/mol. The molecule has 0 bridgehead atoms. The van der Waals surface area contributed by atoms with Crippen LogP contribution in [0.25, 0.3) is 10.8 Å². The smallest absolute Gasteiger partial charge is 0.0415 e. The van der Waals surface area contributed by atoms with E-state index < -0.39 is 0 Å². The molecule has 0 aliphatic carbocycles. The van der Waals surface area contributed by atoms with Crippen molar-refractivity contribution in [1.29, 1.82) is 0 Å². The molecule has 1 heteroatoms. The third-order valence-corrected chi connectivity index (χ3v) is 2.39. The predicted molar refractivity (Wildman–Crippen MR) is 58.0 cm³/mol. The SMILES string of the molecule is C[CH]c1cc(Cl)cc2ccccc12. The molecule has 0 aromatic heterocycles. The Morgan fingerprint density at radius 1 is 1.15 bits per heavy atom. The van der Waals surface area contributed by atoms with Crippen LogP contribution in [0.15, 0.2) is 36.4 Å². The van der Waals surface area contributed by atoms with Gasteiger partial charge in [0.25, 0.3) is 0 Å². The molecule has 0 heterocycles. The summed E-state index contributed by atoms with van der Waals surface area (Å²) in [5.74, 6) is 0. The minimum atomic E-state index is 0.798. The maximum absolute atomic E-state index is 5.98. The van der Waals surface area contributed by atoms with Crippen molar-refractivity contribution in [2.75, 3.05) is 0 Å². The molecule has 13 heavy (non-hydrogen) atoms. The lowest BCUT2D eigenvalue weighted by Gasteiger charge is -2.04. The van der Waals surface area contributed by atoms with Crippen LogP contribution < -0.4 is 0 Å². The van der Waals surface area contributed by atoms with Gasteiger partial charge in [0.1, 0.15) is 0 Å². The fourth-order valence-electron chi connectivity index (χ4n) is 1.54. The summed E-state index contributed by atoms with van der Waals surface area (Å²) in [6, 6.07) is 12.2. The van der Waals surface area contributed by atoms with Gasteiger partial charge in [-0.1, -0.05) is 42.8 Å².